The molecule has 1 aromatic carbocycles. The third-order valence-corrected chi connectivity index (χ3v) is 2.53. The van der Waals surface area contributed by atoms with Crippen molar-refractivity contribution in [2.45, 2.75) is 6.29 Å². The molecule has 0 saturated carbocycles. The van der Waals surface area contributed by atoms with E-state index in [4.69, 9.17) is 9.47 Å². The molecule has 1 N–H and O–H groups in total. The zero-order valence-corrected chi connectivity index (χ0v) is 10.2. The fourth-order valence-corrected chi connectivity index (χ4v) is 1.45. The summed E-state index contributed by atoms with van der Waals surface area (Å²) in [5.74, 6) is -0.282. The predicted molar refractivity (Wildman–Crippen MR) is 60.4 cm³/mol. The highest BCUT2D eigenvalue weighted by Crippen LogP contribution is 2.19. The van der Waals surface area contributed by atoms with Gasteiger partial charge >= 0.3 is 0 Å². The number of anilines is 1. The molecule has 0 saturated heterocycles. The predicted octanol–water partition coefficient (Wildman–Crippen LogP) is 2.62. The van der Waals surface area contributed by atoms with Crippen molar-refractivity contribution in [2.24, 2.45) is 0 Å². The van der Waals surface area contributed by atoms with Gasteiger partial charge in [0.1, 0.15) is 5.82 Å². The molecule has 0 spiro atoms. The molecule has 0 aliphatic heterocycles. The largest absolute Gasteiger partial charge is 0.380 e. The monoisotopic (exact) mass is 277 g/mol. The van der Waals surface area contributed by atoms with E-state index >= 15 is 0 Å². The highest BCUT2D eigenvalue weighted by atomic mass is 79.9. The molecule has 5 heteroatoms. The maximum absolute atomic E-state index is 12.9. The smallest absolute Gasteiger partial charge is 0.173 e. The summed E-state index contributed by atoms with van der Waals surface area (Å²) in [7, 11) is 3.13. The lowest BCUT2D eigenvalue weighted by Gasteiger charge is -2.15. The fraction of sp³-hybridized carbons (Fsp3) is 0.400. The molecule has 0 aliphatic carbocycles. The van der Waals surface area contributed by atoms with Gasteiger partial charge in [-0.3, -0.25) is 0 Å². The Bertz CT molecular complexity index is 318. The van der Waals surface area contributed by atoms with E-state index in [0.29, 0.717) is 11.0 Å². The van der Waals surface area contributed by atoms with Crippen molar-refractivity contribution in [1.82, 2.24) is 0 Å². The van der Waals surface area contributed by atoms with E-state index in [1.165, 1.54) is 6.07 Å². The van der Waals surface area contributed by atoms with Gasteiger partial charge in [0.05, 0.1) is 11.0 Å². The molecule has 3 nitrogen and oxygen atoms in total. The number of benzene rings is 1. The molecule has 15 heavy (non-hydrogen) atoms. The Morgan fingerprint density at radius 2 is 2.07 bits per heavy atom. The van der Waals surface area contributed by atoms with Gasteiger partial charge in [0.15, 0.2) is 6.29 Å². The standard InChI is InChI=1S/C10H13BrFNO2/c1-14-10(15-2)6-13-7-3-4-9(12)8(11)5-7/h3-5,10,13H,6H2,1-2H3. The second-order valence-electron chi connectivity index (χ2n) is 2.91. The Morgan fingerprint density at radius 3 is 2.60 bits per heavy atom. The van der Waals surface area contributed by atoms with Crippen LogP contribution in [-0.2, 0) is 9.47 Å². The first-order valence-corrected chi connectivity index (χ1v) is 5.21. The van der Waals surface area contributed by atoms with Crippen molar-refractivity contribution in [3.05, 3.63) is 28.5 Å². The van der Waals surface area contributed by atoms with Crippen molar-refractivity contribution in [1.29, 1.82) is 0 Å². The number of ether oxygens (including phenoxy) is 2. The van der Waals surface area contributed by atoms with E-state index in [9.17, 15) is 4.39 Å². The Morgan fingerprint density at radius 1 is 1.40 bits per heavy atom. The first-order chi connectivity index (χ1) is 7.17. The highest BCUT2D eigenvalue weighted by Gasteiger charge is 2.05. The van der Waals surface area contributed by atoms with Crippen LogP contribution in [-0.4, -0.2) is 27.1 Å². The summed E-state index contributed by atoms with van der Waals surface area (Å²) >= 11 is 3.11. The van der Waals surface area contributed by atoms with Gasteiger partial charge in [-0.1, -0.05) is 0 Å². The average molecular weight is 278 g/mol. The summed E-state index contributed by atoms with van der Waals surface area (Å²) in [5.41, 5.74) is 0.808. The normalized spacial score (nSPS) is 10.7. The van der Waals surface area contributed by atoms with Gasteiger partial charge in [0, 0.05) is 19.9 Å². The molecular formula is C10H13BrFNO2. The Hall–Kier alpha value is -0.650. The van der Waals surface area contributed by atoms with Gasteiger partial charge in [-0.25, -0.2) is 4.39 Å². The van der Waals surface area contributed by atoms with Gasteiger partial charge in [-0.05, 0) is 34.1 Å². The van der Waals surface area contributed by atoms with Crippen molar-refractivity contribution < 1.29 is 13.9 Å². The van der Waals surface area contributed by atoms with E-state index in [2.05, 4.69) is 21.2 Å². The molecule has 0 fully saturated rings. The van der Waals surface area contributed by atoms with Crippen LogP contribution in [0.2, 0.25) is 0 Å². The molecule has 0 aromatic heterocycles. The van der Waals surface area contributed by atoms with Crippen LogP contribution in [0.3, 0.4) is 0 Å². The van der Waals surface area contributed by atoms with E-state index in [-0.39, 0.29) is 12.1 Å². The third-order valence-electron chi connectivity index (χ3n) is 1.92. The molecule has 0 aliphatic rings. The zero-order valence-electron chi connectivity index (χ0n) is 8.59. The summed E-state index contributed by atoms with van der Waals surface area (Å²) < 4.78 is 23.3. The van der Waals surface area contributed by atoms with Crippen LogP contribution in [0.15, 0.2) is 22.7 Å². The maximum Gasteiger partial charge on any atom is 0.173 e. The van der Waals surface area contributed by atoms with E-state index in [1.54, 1.807) is 26.4 Å². The quantitative estimate of drug-likeness (QED) is 0.840. The van der Waals surface area contributed by atoms with Crippen LogP contribution in [0.5, 0.6) is 0 Å². The van der Waals surface area contributed by atoms with E-state index in [1.807, 2.05) is 0 Å². The first kappa shape index (κ1) is 12.4. The molecule has 0 radical (unpaired) electrons. The van der Waals surface area contributed by atoms with Crippen LogP contribution >= 0.6 is 15.9 Å². The van der Waals surface area contributed by atoms with Crippen LogP contribution in [0.25, 0.3) is 0 Å². The van der Waals surface area contributed by atoms with E-state index in [0.717, 1.165) is 5.69 Å². The molecule has 0 bridgehead atoms. The highest BCUT2D eigenvalue weighted by molar-refractivity contribution is 9.10. The van der Waals surface area contributed by atoms with Crippen LogP contribution < -0.4 is 5.32 Å². The summed E-state index contributed by atoms with van der Waals surface area (Å²) in [4.78, 5) is 0. The zero-order chi connectivity index (χ0) is 11.3. The van der Waals surface area contributed by atoms with Gasteiger partial charge < -0.3 is 14.8 Å². The second kappa shape index (κ2) is 6.05. The van der Waals surface area contributed by atoms with Crippen molar-refractivity contribution in [3.8, 4) is 0 Å². The van der Waals surface area contributed by atoms with Crippen LogP contribution in [0.1, 0.15) is 0 Å². The molecule has 0 unspecified atom stereocenters. The number of nitrogens with one attached hydrogen (secondary N) is 1. The summed E-state index contributed by atoms with van der Waals surface area (Å²) in [6.07, 6.45) is -0.311. The minimum atomic E-state index is -0.311. The first-order valence-electron chi connectivity index (χ1n) is 4.42. The third kappa shape index (κ3) is 3.77. The molecule has 0 heterocycles. The van der Waals surface area contributed by atoms with Crippen molar-refractivity contribution in [3.63, 3.8) is 0 Å². The van der Waals surface area contributed by atoms with Gasteiger partial charge in [-0.15, -0.1) is 0 Å². The number of halogens is 2. The molecule has 1 aromatic rings. The average Bonchev–Trinajstić information content (AvgIpc) is 2.24. The van der Waals surface area contributed by atoms with Gasteiger partial charge in [-0.2, -0.15) is 0 Å². The van der Waals surface area contributed by atoms with E-state index < -0.39 is 0 Å². The molecular weight excluding hydrogens is 265 g/mol. The summed E-state index contributed by atoms with van der Waals surface area (Å²) in [6.45, 7) is 0.505. The lowest BCUT2D eigenvalue weighted by molar-refractivity contribution is -0.0914. The van der Waals surface area contributed by atoms with Crippen LogP contribution in [0, 0.1) is 5.82 Å². The van der Waals surface area contributed by atoms with Crippen molar-refractivity contribution in [2.75, 3.05) is 26.1 Å². The molecule has 0 atom stereocenters. The Balaban J connectivity index is 2.54. The fourth-order valence-electron chi connectivity index (χ4n) is 1.07. The minimum absolute atomic E-state index is 0.282. The maximum atomic E-state index is 12.9. The molecule has 1 rings (SSSR count). The minimum Gasteiger partial charge on any atom is -0.380 e. The number of methoxy groups -OCH3 is 2. The summed E-state index contributed by atoms with van der Waals surface area (Å²) in [5, 5.41) is 3.07. The SMILES string of the molecule is COC(CNc1ccc(F)c(Br)c1)OC. The van der Waals surface area contributed by atoms with Crippen molar-refractivity contribution >= 4 is 21.6 Å². The van der Waals surface area contributed by atoms with Gasteiger partial charge in [0.2, 0.25) is 0 Å². The van der Waals surface area contributed by atoms with Gasteiger partial charge in [0.25, 0.3) is 0 Å². The second-order valence-corrected chi connectivity index (χ2v) is 3.77. The Kier molecular flexibility index (Phi) is 5.01. The lowest BCUT2D eigenvalue weighted by Crippen LogP contribution is -2.23. The number of hydrogen-bond donors (Lipinski definition) is 1. The molecule has 0 amide bonds. The lowest BCUT2D eigenvalue weighted by atomic mass is 10.3. The number of rotatable bonds is 5. The molecule has 84 valence electrons. The summed E-state index contributed by atoms with van der Waals surface area (Å²) in [6, 6.07) is 4.71. The topological polar surface area (TPSA) is 30.5 Å². The number of hydrogen-bond acceptors (Lipinski definition) is 3. The Labute approximate surface area is 96.7 Å². The van der Waals surface area contributed by atoms with Crippen LogP contribution in [0.4, 0.5) is 10.1 Å².